The Morgan fingerprint density at radius 3 is 2.61 bits per heavy atom. The van der Waals surface area contributed by atoms with Gasteiger partial charge >= 0.3 is 5.97 Å². The summed E-state index contributed by atoms with van der Waals surface area (Å²) in [6.45, 7) is 1.98. The van der Waals surface area contributed by atoms with Crippen molar-refractivity contribution >= 4 is 38.2 Å². The lowest BCUT2D eigenvalue weighted by atomic mass is 10.1. The van der Waals surface area contributed by atoms with Gasteiger partial charge in [0.15, 0.2) is 0 Å². The first-order valence-corrected chi connectivity index (χ1v) is 12.2. The molecule has 33 heavy (non-hydrogen) atoms. The lowest BCUT2D eigenvalue weighted by Gasteiger charge is -2.13. The van der Waals surface area contributed by atoms with Gasteiger partial charge in [0.05, 0.1) is 10.4 Å². The minimum atomic E-state index is -4.08. The van der Waals surface area contributed by atoms with E-state index in [1.54, 1.807) is 24.4 Å². The minimum absolute atomic E-state index is 0.0153. The summed E-state index contributed by atoms with van der Waals surface area (Å²) < 4.78 is 28.0. The molecule has 0 saturated heterocycles. The number of hydrogen-bond acceptors (Lipinski definition) is 5. The van der Waals surface area contributed by atoms with Crippen molar-refractivity contribution < 1.29 is 23.4 Å². The average Bonchev–Trinajstić information content (AvgIpc) is 3.41. The fourth-order valence-corrected chi connectivity index (χ4v) is 5.68. The highest BCUT2D eigenvalue weighted by Gasteiger charge is 2.27. The van der Waals surface area contributed by atoms with Gasteiger partial charge in [0.2, 0.25) is 0 Å². The summed E-state index contributed by atoms with van der Waals surface area (Å²) >= 11 is 0.972. The van der Waals surface area contributed by atoms with E-state index in [0.29, 0.717) is 21.3 Å². The summed E-state index contributed by atoms with van der Waals surface area (Å²) in [6.07, 6.45) is 1.47. The number of aromatic amines is 1. The lowest BCUT2D eigenvalue weighted by molar-refractivity contribution is -0.138. The van der Waals surface area contributed by atoms with Crippen LogP contribution < -0.4 is 4.72 Å². The van der Waals surface area contributed by atoms with E-state index in [2.05, 4.69) is 21.5 Å². The molecular weight excluding hydrogens is 460 g/mol. The molecule has 0 fully saturated rings. The zero-order valence-electron chi connectivity index (χ0n) is 17.5. The molecule has 2 heterocycles. The van der Waals surface area contributed by atoms with Crippen molar-refractivity contribution in [3.8, 4) is 17.6 Å². The van der Waals surface area contributed by atoms with Crippen molar-refractivity contribution in [3.05, 3.63) is 82.4 Å². The van der Waals surface area contributed by atoms with Gasteiger partial charge in [0.1, 0.15) is 16.0 Å². The van der Waals surface area contributed by atoms with E-state index in [1.807, 2.05) is 31.2 Å². The smallest absolute Gasteiger partial charge is 0.322 e. The van der Waals surface area contributed by atoms with Crippen LogP contribution in [-0.4, -0.2) is 35.6 Å². The molecule has 4 rings (SSSR count). The number of fused-ring (bicyclic) bond motifs is 1. The first-order valence-electron chi connectivity index (χ1n) is 9.94. The third-order valence-corrected chi connectivity index (χ3v) is 7.99. The molecule has 1 atom stereocenters. The molecular formula is C24H20N2O5S2. The molecule has 0 aliphatic rings. The summed E-state index contributed by atoms with van der Waals surface area (Å²) in [4.78, 5) is 15.3. The van der Waals surface area contributed by atoms with Crippen LogP contribution in [0.3, 0.4) is 0 Å². The number of nitrogens with one attached hydrogen (secondary N) is 2. The van der Waals surface area contributed by atoms with Crippen LogP contribution in [0.4, 0.5) is 0 Å². The number of H-pyrrole nitrogens is 1. The highest BCUT2D eigenvalue weighted by molar-refractivity contribution is 7.91. The van der Waals surface area contributed by atoms with Crippen molar-refractivity contribution in [2.24, 2.45) is 0 Å². The molecule has 0 spiro atoms. The molecule has 0 bridgehead atoms. The largest absolute Gasteiger partial charge is 0.506 e. The second-order valence-electron chi connectivity index (χ2n) is 7.46. The monoisotopic (exact) mass is 480 g/mol. The molecule has 0 aliphatic heterocycles. The molecule has 2 aromatic heterocycles. The number of sulfonamides is 1. The van der Waals surface area contributed by atoms with Crippen molar-refractivity contribution in [2.75, 3.05) is 0 Å². The molecule has 7 nitrogen and oxygen atoms in total. The topological polar surface area (TPSA) is 119 Å². The molecule has 4 aromatic rings. The molecule has 4 N–H and O–H groups in total. The van der Waals surface area contributed by atoms with E-state index in [9.17, 15) is 23.4 Å². The van der Waals surface area contributed by atoms with E-state index >= 15 is 0 Å². The maximum absolute atomic E-state index is 12.9. The third-order valence-electron chi connectivity index (χ3n) is 5.03. The Labute approximate surface area is 194 Å². The van der Waals surface area contributed by atoms with Gasteiger partial charge < -0.3 is 15.2 Å². The van der Waals surface area contributed by atoms with Gasteiger partial charge in [-0.3, -0.25) is 4.79 Å². The quantitative estimate of drug-likeness (QED) is 0.314. The van der Waals surface area contributed by atoms with Gasteiger partial charge in [-0.2, -0.15) is 4.72 Å². The number of carboxylic acid groups (broad SMARTS) is 1. The van der Waals surface area contributed by atoms with E-state index in [0.717, 1.165) is 22.5 Å². The summed E-state index contributed by atoms with van der Waals surface area (Å²) in [7, 11) is -4.08. The first-order chi connectivity index (χ1) is 15.7. The molecule has 0 radical (unpaired) electrons. The zero-order chi connectivity index (χ0) is 23.6. The van der Waals surface area contributed by atoms with Crippen LogP contribution >= 0.6 is 11.3 Å². The van der Waals surface area contributed by atoms with Gasteiger partial charge in [-0.1, -0.05) is 41.7 Å². The van der Waals surface area contributed by atoms with Crippen molar-refractivity contribution in [1.82, 2.24) is 9.71 Å². The second-order valence-corrected chi connectivity index (χ2v) is 10.5. The van der Waals surface area contributed by atoms with Crippen LogP contribution in [0, 0.1) is 18.8 Å². The summed E-state index contributed by atoms with van der Waals surface area (Å²) in [5, 5.41) is 20.2. The number of benzene rings is 2. The zero-order valence-corrected chi connectivity index (χ0v) is 19.1. The number of aromatic hydroxyl groups is 1. The number of carboxylic acids is 1. The van der Waals surface area contributed by atoms with Crippen molar-refractivity contribution in [3.63, 3.8) is 0 Å². The van der Waals surface area contributed by atoms with Crippen LogP contribution in [0.1, 0.15) is 21.6 Å². The summed E-state index contributed by atoms with van der Waals surface area (Å²) in [6, 6.07) is 14.2. The molecule has 9 heteroatoms. The van der Waals surface area contributed by atoms with E-state index < -0.39 is 22.0 Å². The molecule has 1 unspecified atom stereocenters. The van der Waals surface area contributed by atoms with E-state index in [4.69, 9.17) is 0 Å². The third kappa shape index (κ3) is 5.09. The van der Waals surface area contributed by atoms with Gasteiger partial charge in [0, 0.05) is 23.6 Å². The Balaban J connectivity index is 1.53. The normalized spacial score (nSPS) is 12.3. The molecule has 2 aromatic carbocycles. The van der Waals surface area contributed by atoms with Crippen LogP contribution in [0.2, 0.25) is 0 Å². The molecule has 0 amide bonds. The Hall–Kier alpha value is -3.58. The fourth-order valence-electron chi connectivity index (χ4n) is 3.31. The van der Waals surface area contributed by atoms with E-state index in [-0.39, 0.29) is 16.4 Å². The fraction of sp³-hybridized carbons (Fsp3) is 0.125. The number of phenolic OH excluding ortho intramolecular Hbond substituents is 1. The average molecular weight is 481 g/mol. The second kappa shape index (κ2) is 9.11. The predicted octanol–water partition coefficient (Wildman–Crippen LogP) is 3.62. The van der Waals surface area contributed by atoms with Crippen LogP contribution in [-0.2, 0) is 21.2 Å². The maximum atomic E-state index is 12.9. The van der Waals surface area contributed by atoms with Gasteiger partial charge in [-0.05, 0) is 42.8 Å². The highest BCUT2D eigenvalue weighted by Crippen LogP contribution is 2.27. The van der Waals surface area contributed by atoms with Crippen LogP contribution in [0.5, 0.6) is 5.75 Å². The Bertz CT molecular complexity index is 1490. The standard InChI is InChI=1S/C24H20N2O5S2/c1-15-5-7-16(8-6-15)9-10-18-11-12-22(32-18)33(30,31)26-20(24(28)29)13-17-14-25-23-19(17)3-2-4-21(23)27/h2-8,11-12,14,20,25-27H,13H2,1H3,(H,28,29). The number of hydrogen-bond donors (Lipinski definition) is 4. The Morgan fingerprint density at radius 1 is 1.12 bits per heavy atom. The maximum Gasteiger partial charge on any atom is 0.322 e. The number of thiophene rings is 1. The van der Waals surface area contributed by atoms with Crippen LogP contribution in [0.15, 0.2) is 65.0 Å². The number of aryl methyl sites for hydroxylation is 1. The predicted molar refractivity (Wildman–Crippen MR) is 127 cm³/mol. The number of carbonyl (C=O) groups is 1. The SMILES string of the molecule is Cc1ccc(C#Cc2ccc(S(=O)(=O)NC(Cc3c[nH]c4c(O)cccc34)C(=O)O)s2)cc1. The van der Waals surface area contributed by atoms with E-state index in [1.165, 1.54) is 12.1 Å². The molecule has 168 valence electrons. The van der Waals surface area contributed by atoms with Crippen LogP contribution in [0.25, 0.3) is 10.9 Å². The Kier molecular flexibility index (Phi) is 6.24. The highest BCUT2D eigenvalue weighted by atomic mass is 32.2. The van der Waals surface area contributed by atoms with Gasteiger partial charge in [0.25, 0.3) is 10.0 Å². The minimum Gasteiger partial charge on any atom is -0.506 e. The summed E-state index contributed by atoms with van der Waals surface area (Å²) in [5.41, 5.74) is 2.97. The molecule has 0 saturated carbocycles. The van der Waals surface area contributed by atoms with Gasteiger partial charge in [-0.25, -0.2) is 8.42 Å². The number of aromatic nitrogens is 1. The number of rotatable bonds is 6. The Morgan fingerprint density at radius 2 is 1.88 bits per heavy atom. The number of para-hydroxylation sites is 1. The van der Waals surface area contributed by atoms with Crippen molar-refractivity contribution in [2.45, 2.75) is 23.6 Å². The first kappa shape index (κ1) is 22.6. The number of aliphatic carboxylic acids is 1. The number of phenols is 1. The molecule has 0 aliphatic carbocycles. The summed E-state index contributed by atoms with van der Waals surface area (Å²) in [5.74, 6) is 4.66. The van der Waals surface area contributed by atoms with Gasteiger partial charge in [-0.15, -0.1) is 11.3 Å². The lowest BCUT2D eigenvalue weighted by Crippen LogP contribution is -2.41. The van der Waals surface area contributed by atoms with Crippen molar-refractivity contribution in [1.29, 1.82) is 0 Å².